The number of hydrogen-bond acceptors (Lipinski definition) is 5. The van der Waals surface area contributed by atoms with Crippen LogP contribution < -0.4 is 5.32 Å². The molecule has 1 aliphatic rings. The first kappa shape index (κ1) is 13.7. The third kappa shape index (κ3) is 3.42. The maximum Gasteiger partial charge on any atom is 0.134 e. The molecule has 0 saturated heterocycles. The molecule has 0 unspecified atom stereocenters. The molecule has 5 heteroatoms. The normalized spacial score (nSPS) is 16.9. The van der Waals surface area contributed by atoms with Crippen molar-refractivity contribution in [3.05, 3.63) is 5.69 Å². The Morgan fingerprint density at radius 3 is 2.72 bits per heavy atom. The van der Waals surface area contributed by atoms with E-state index in [-0.39, 0.29) is 0 Å². The number of anilines is 1. The Morgan fingerprint density at radius 1 is 1.39 bits per heavy atom. The van der Waals surface area contributed by atoms with Gasteiger partial charge in [0.15, 0.2) is 0 Å². The number of nitrogens with one attached hydrogen (secondary N) is 1. The molecular weight excluding hydrogens is 244 g/mol. The smallest absolute Gasteiger partial charge is 0.134 e. The molecule has 1 heterocycles. The molecule has 1 aromatic heterocycles. The highest BCUT2D eigenvalue weighted by Crippen LogP contribution is 2.27. The van der Waals surface area contributed by atoms with Crippen LogP contribution in [0.25, 0.3) is 0 Å². The van der Waals surface area contributed by atoms with Gasteiger partial charge in [0.05, 0.1) is 0 Å². The summed E-state index contributed by atoms with van der Waals surface area (Å²) < 4.78 is 4.05. The molecule has 0 aromatic carbocycles. The standard InChI is InChI=1S/C13H24N4S/c1-10(2)8-17(11-6-4-5-7-11)9-12-13(14-3)18-16-15-12/h10-11,14H,4-9H2,1-3H3. The molecule has 1 fully saturated rings. The van der Waals surface area contributed by atoms with E-state index < -0.39 is 0 Å². The summed E-state index contributed by atoms with van der Waals surface area (Å²) in [4.78, 5) is 2.61. The van der Waals surface area contributed by atoms with Crippen molar-refractivity contribution in [3.8, 4) is 0 Å². The average molecular weight is 268 g/mol. The maximum atomic E-state index is 4.27. The van der Waals surface area contributed by atoms with Crippen molar-refractivity contribution < 1.29 is 0 Å². The molecule has 0 atom stereocenters. The predicted octanol–water partition coefficient (Wildman–Crippen LogP) is 2.98. The highest BCUT2D eigenvalue weighted by atomic mass is 32.1. The molecule has 1 aromatic rings. The van der Waals surface area contributed by atoms with E-state index in [1.807, 2.05) is 7.05 Å². The first-order valence-electron chi connectivity index (χ1n) is 6.93. The van der Waals surface area contributed by atoms with Gasteiger partial charge in [0.25, 0.3) is 0 Å². The van der Waals surface area contributed by atoms with Gasteiger partial charge in [-0.2, -0.15) is 0 Å². The zero-order valence-corrected chi connectivity index (χ0v) is 12.5. The van der Waals surface area contributed by atoms with Gasteiger partial charge in [0.1, 0.15) is 10.7 Å². The Bertz CT molecular complexity index is 358. The molecule has 0 spiro atoms. The molecule has 2 rings (SSSR count). The number of nitrogens with zero attached hydrogens (tertiary/aromatic N) is 3. The van der Waals surface area contributed by atoms with Gasteiger partial charge in [-0.1, -0.05) is 31.2 Å². The topological polar surface area (TPSA) is 41.1 Å². The minimum Gasteiger partial charge on any atom is -0.377 e. The number of aromatic nitrogens is 2. The second-order valence-electron chi connectivity index (χ2n) is 5.56. The molecule has 102 valence electrons. The van der Waals surface area contributed by atoms with E-state index in [1.165, 1.54) is 37.2 Å². The van der Waals surface area contributed by atoms with E-state index in [9.17, 15) is 0 Å². The van der Waals surface area contributed by atoms with E-state index in [0.29, 0.717) is 5.92 Å². The van der Waals surface area contributed by atoms with Crippen LogP contribution in [0.1, 0.15) is 45.2 Å². The number of hydrogen-bond donors (Lipinski definition) is 1. The quantitative estimate of drug-likeness (QED) is 0.861. The maximum absolute atomic E-state index is 4.27. The number of rotatable bonds is 6. The average Bonchev–Trinajstić information content (AvgIpc) is 2.98. The molecule has 0 radical (unpaired) electrons. The third-order valence-electron chi connectivity index (χ3n) is 3.58. The zero-order valence-electron chi connectivity index (χ0n) is 11.6. The fourth-order valence-corrected chi connectivity index (χ4v) is 3.30. The molecule has 1 N–H and O–H groups in total. The van der Waals surface area contributed by atoms with Crippen LogP contribution in [-0.2, 0) is 6.54 Å². The first-order valence-corrected chi connectivity index (χ1v) is 7.71. The summed E-state index contributed by atoms with van der Waals surface area (Å²) >= 11 is 1.45. The SMILES string of the molecule is CNc1snnc1CN(CC(C)C)C1CCCC1. The Labute approximate surface area is 114 Å². The van der Waals surface area contributed by atoms with Crippen LogP contribution >= 0.6 is 11.5 Å². The van der Waals surface area contributed by atoms with Crippen LogP contribution in [0.3, 0.4) is 0 Å². The molecule has 18 heavy (non-hydrogen) atoms. The summed E-state index contributed by atoms with van der Waals surface area (Å²) in [6, 6.07) is 0.749. The Hall–Kier alpha value is -0.680. The van der Waals surface area contributed by atoms with Gasteiger partial charge in [0, 0.05) is 37.7 Å². The van der Waals surface area contributed by atoms with Crippen molar-refractivity contribution in [2.45, 2.75) is 52.1 Å². The molecule has 1 aliphatic carbocycles. The summed E-state index contributed by atoms with van der Waals surface area (Å²) in [5.74, 6) is 0.704. The molecular formula is C13H24N4S. The minimum atomic E-state index is 0.704. The summed E-state index contributed by atoms with van der Waals surface area (Å²) in [7, 11) is 1.95. The second-order valence-corrected chi connectivity index (χ2v) is 6.31. The Morgan fingerprint density at radius 2 is 2.11 bits per heavy atom. The lowest BCUT2D eigenvalue weighted by Crippen LogP contribution is -2.36. The fraction of sp³-hybridized carbons (Fsp3) is 0.846. The third-order valence-corrected chi connectivity index (χ3v) is 4.36. The zero-order chi connectivity index (χ0) is 13.0. The predicted molar refractivity (Wildman–Crippen MR) is 77.0 cm³/mol. The first-order chi connectivity index (χ1) is 8.70. The summed E-state index contributed by atoms with van der Waals surface area (Å²) in [5.41, 5.74) is 1.11. The van der Waals surface area contributed by atoms with Crippen molar-refractivity contribution in [1.82, 2.24) is 14.5 Å². The highest BCUT2D eigenvalue weighted by Gasteiger charge is 2.24. The van der Waals surface area contributed by atoms with E-state index in [4.69, 9.17) is 0 Å². The van der Waals surface area contributed by atoms with Crippen LogP contribution in [0.4, 0.5) is 5.00 Å². The van der Waals surface area contributed by atoms with Gasteiger partial charge in [-0.25, -0.2) is 0 Å². The minimum absolute atomic E-state index is 0.704. The molecule has 0 amide bonds. The van der Waals surface area contributed by atoms with Gasteiger partial charge < -0.3 is 5.32 Å². The van der Waals surface area contributed by atoms with E-state index in [0.717, 1.165) is 29.8 Å². The molecule has 1 saturated carbocycles. The van der Waals surface area contributed by atoms with Crippen LogP contribution in [0.2, 0.25) is 0 Å². The van der Waals surface area contributed by atoms with Gasteiger partial charge in [-0.15, -0.1) is 5.10 Å². The molecule has 0 bridgehead atoms. The summed E-state index contributed by atoms with van der Waals surface area (Å²) in [6.07, 6.45) is 5.46. The van der Waals surface area contributed by atoms with Crippen molar-refractivity contribution in [1.29, 1.82) is 0 Å². The summed E-state index contributed by atoms with van der Waals surface area (Å²) in [6.45, 7) is 6.68. The molecule has 4 nitrogen and oxygen atoms in total. The Kier molecular flexibility index (Phi) is 4.95. The van der Waals surface area contributed by atoms with Crippen LogP contribution in [0.15, 0.2) is 0 Å². The lowest BCUT2D eigenvalue weighted by Gasteiger charge is -2.29. The van der Waals surface area contributed by atoms with Crippen LogP contribution in [0, 0.1) is 5.92 Å². The van der Waals surface area contributed by atoms with Crippen molar-refractivity contribution in [3.63, 3.8) is 0 Å². The molecule has 0 aliphatic heterocycles. The van der Waals surface area contributed by atoms with Crippen molar-refractivity contribution >= 4 is 16.5 Å². The van der Waals surface area contributed by atoms with E-state index >= 15 is 0 Å². The lowest BCUT2D eigenvalue weighted by molar-refractivity contribution is 0.167. The van der Waals surface area contributed by atoms with Crippen molar-refractivity contribution in [2.24, 2.45) is 5.92 Å². The van der Waals surface area contributed by atoms with Crippen molar-refractivity contribution in [2.75, 3.05) is 18.9 Å². The van der Waals surface area contributed by atoms with Crippen LogP contribution in [0.5, 0.6) is 0 Å². The van der Waals surface area contributed by atoms with E-state index in [1.54, 1.807) is 0 Å². The monoisotopic (exact) mass is 268 g/mol. The van der Waals surface area contributed by atoms with Gasteiger partial charge in [0.2, 0.25) is 0 Å². The largest absolute Gasteiger partial charge is 0.377 e. The van der Waals surface area contributed by atoms with Gasteiger partial charge >= 0.3 is 0 Å². The van der Waals surface area contributed by atoms with Crippen LogP contribution in [-0.4, -0.2) is 34.1 Å². The summed E-state index contributed by atoms with van der Waals surface area (Å²) in [5, 5.41) is 8.57. The highest BCUT2D eigenvalue weighted by molar-refractivity contribution is 7.10. The second kappa shape index (κ2) is 6.48. The van der Waals surface area contributed by atoms with Gasteiger partial charge in [-0.3, -0.25) is 4.90 Å². The fourth-order valence-electron chi connectivity index (χ4n) is 2.78. The lowest BCUT2D eigenvalue weighted by atomic mass is 10.1. The van der Waals surface area contributed by atoms with Gasteiger partial charge in [-0.05, 0) is 18.8 Å². The Balaban J connectivity index is 2.04. The van der Waals surface area contributed by atoms with E-state index in [2.05, 4.69) is 33.7 Å².